The molecule has 17 heavy (non-hydrogen) atoms. The summed E-state index contributed by atoms with van der Waals surface area (Å²) in [5.74, 6) is -0.671. The van der Waals surface area contributed by atoms with Gasteiger partial charge in [0.25, 0.3) is 0 Å². The first kappa shape index (κ1) is 17.2. The summed E-state index contributed by atoms with van der Waals surface area (Å²) >= 11 is 0. The van der Waals surface area contributed by atoms with E-state index >= 15 is 0 Å². The van der Waals surface area contributed by atoms with Gasteiger partial charge in [-0.15, -0.1) is 5.98 Å². The second kappa shape index (κ2) is 6.42. The molecule has 0 aromatic heterocycles. The van der Waals surface area contributed by atoms with Gasteiger partial charge in [-0.3, -0.25) is 0 Å². The van der Waals surface area contributed by atoms with Crippen LogP contribution in [0.25, 0.3) is 5.57 Å². The van der Waals surface area contributed by atoms with Gasteiger partial charge in [0, 0.05) is 5.57 Å². The van der Waals surface area contributed by atoms with E-state index in [4.69, 9.17) is 0 Å². The number of rotatable bonds is 2. The van der Waals surface area contributed by atoms with Crippen LogP contribution in [0.3, 0.4) is 0 Å². The summed E-state index contributed by atoms with van der Waals surface area (Å²) in [7, 11) is 0. The first-order chi connectivity index (χ1) is 7.20. The molecule has 0 aliphatic rings. The number of benzene rings is 1. The molecule has 1 aromatic rings. The van der Waals surface area contributed by atoms with Crippen LogP contribution in [0.2, 0.25) is 0 Å². The second-order valence-corrected chi connectivity index (χ2v) is 3.07. The Morgan fingerprint density at radius 2 is 1.47 bits per heavy atom. The van der Waals surface area contributed by atoms with E-state index in [1.165, 1.54) is 18.2 Å². The first-order valence-electron chi connectivity index (χ1n) is 4.25. The molecule has 8 heteroatoms. The maximum absolute atomic E-state index is 12.4. The van der Waals surface area contributed by atoms with Crippen molar-refractivity contribution in [1.29, 1.82) is 0 Å². The molecular formula is C9H6BF6K. The third-order valence-corrected chi connectivity index (χ3v) is 1.75. The molecule has 1 rings (SSSR count). The number of alkyl halides is 3. The van der Waals surface area contributed by atoms with Crippen LogP contribution in [0.5, 0.6) is 0 Å². The molecule has 0 radical (unpaired) electrons. The van der Waals surface area contributed by atoms with Crippen molar-refractivity contribution in [2.24, 2.45) is 0 Å². The van der Waals surface area contributed by atoms with Gasteiger partial charge in [0.05, 0.1) is 0 Å². The smallest absolute Gasteiger partial charge is 0.445 e. The Balaban J connectivity index is 0.00000256. The quantitative estimate of drug-likeness (QED) is 0.560. The molecule has 88 valence electrons. The van der Waals surface area contributed by atoms with Gasteiger partial charge in [-0.1, -0.05) is 30.3 Å². The Morgan fingerprint density at radius 1 is 1.00 bits per heavy atom. The van der Waals surface area contributed by atoms with E-state index in [0.717, 1.165) is 12.1 Å². The summed E-state index contributed by atoms with van der Waals surface area (Å²) in [6.45, 7) is -5.63. The fraction of sp³-hybridized carbons (Fsp3) is 0.111. The van der Waals surface area contributed by atoms with E-state index < -0.39 is 30.3 Å². The molecule has 0 amide bonds. The van der Waals surface area contributed by atoms with E-state index in [9.17, 15) is 26.1 Å². The Labute approximate surface area is 137 Å². The van der Waals surface area contributed by atoms with Crippen LogP contribution >= 0.6 is 0 Å². The van der Waals surface area contributed by atoms with Crippen molar-refractivity contribution in [3.63, 3.8) is 0 Å². The number of hydrogen-bond donors (Lipinski definition) is 0. The monoisotopic (exact) mass is 278 g/mol. The fourth-order valence-electron chi connectivity index (χ4n) is 1.16. The number of halogens is 6. The molecule has 0 aliphatic carbocycles. The van der Waals surface area contributed by atoms with Crippen LogP contribution in [-0.4, -0.2) is 13.2 Å². The summed E-state index contributed by atoms with van der Waals surface area (Å²) in [6.07, 6.45) is -5.02. The van der Waals surface area contributed by atoms with Crippen molar-refractivity contribution in [3.05, 3.63) is 41.9 Å². The molecule has 0 aliphatic heterocycles. The predicted molar refractivity (Wildman–Crippen MR) is 49.6 cm³/mol. The van der Waals surface area contributed by atoms with Gasteiger partial charge in [-0.2, -0.15) is 13.2 Å². The van der Waals surface area contributed by atoms with Crippen molar-refractivity contribution < 1.29 is 77.5 Å². The van der Waals surface area contributed by atoms with E-state index in [0.29, 0.717) is 0 Å². The zero-order valence-corrected chi connectivity index (χ0v) is 11.9. The average Bonchev–Trinajstić information content (AvgIpc) is 2.13. The molecule has 0 spiro atoms. The third-order valence-electron chi connectivity index (χ3n) is 1.75. The minimum absolute atomic E-state index is 0. The van der Waals surface area contributed by atoms with Crippen LogP contribution in [0.15, 0.2) is 36.3 Å². The van der Waals surface area contributed by atoms with Crippen molar-refractivity contribution >= 4 is 12.6 Å². The van der Waals surface area contributed by atoms with Crippen molar-refractivity contribution in [2.45, 2.75) is 6.18 Å². The van der Waals surface area contributed by atoms with Gasteiger partial charge in [0.15, 0.2) is 0 Å². The Kier molecular flexibility index (Phi) is 6.51. The van der Waals surface area contributed by atoms with Gasteiger partial charge in [0.1, 0.15) is 0 Å². The van der Waals surface area contributed by atoms with E-state index in [-0.39, 0.29) is 51.4 Å². The Bertz CT molecular complexity index is 381. The Hall–Kier alpha value is 0.241. The van der Waals surface area contributed by atoms with Gasteiger partial charge >= 0.3 is 64.5 Å². The fourth-order valence-corrected chi connectivity index (χ4v) is 1.16. The molecule has 0 atom stereocenters. The molecule has 0 nitrogen and oxygen atoms in total. The van der Waals surface area contributed by atoms with E-state index in [1.807, 2.05) is 0 Å². The van der Waals surface area contributed by atoms with E-state index in [2.05, 4.69) is 0 Å². The van der Waals surface area contributed by atoms with Gasteiger partial charge in [0.2, 0.25) is 0 Å². The van der Waals surface area contributed by atoms with Crippen LogP contribution in [0.1, 0.15) is 5.56 Å². The molecule has 0 fully saturated rings. The normalized spacial score (nSPS) is 13.2. The average molecular weight is 278 g/mol. The van der Waals surface area contributed by atoms with Crippen molar-refractivity contribution in [1.82, 2.24) is 0 Å². The van der Waals surface area contributed by atoms with Crippen LogP contribution < -0.4 is 51.4 Å². The largest absolute Gasteiger partial charge is 1.00 e. The standard InChI is InChI=1S/C9H6BF6.K/c11-9(12,13)8(6-10(14,15)16)7-4-2-1-3-5-7;/h1-6H;/q-1;+1/b8-6-;. The third kappa shape index (κ3) is 6.10. The van der Waals surface area contributed by atoms with Gasteiger partial charge in [-0.05, 0) is 5.56 Å². The molecule has 0 heterocycles. The topological polar surface area (TPSA) is 0 Å². The molecule has 0 unspecified atom stereocenters. The summed E-state index contributed by atoms with van der Waals surface area (Å²) in [6, 6.07) is 5.90. The van der Waals surface area contributed by atoms with Crippen LogP contribution in [0.4, 0.5) is 26.1 Å². The minimum atomic E-state index is -5.63. The summed E-state index contributed by atoms with van der Waals surface area (Å²) < 4.78 is 73.2. The summed E-state index contributed by atoms with van der Waals surface area (Å²) in [4.78, 5) is 0. The Morgan fingerprint density at radius 3 is 1.82 bits per heavy atom. The SMILES string of the molecule is F[B-](F)(F)/C=C(/c1ccccc1)C(F)(F)F.[K+]. The number of allylic oxidation sites excluding steroid dienone is 1. The zero-order valence-electron chi connectivity index (χ0n) is 8.81. The summed E-state index contributed by atoms with van der Waals surface area (Å²) in [5.41, 5.74) is -2.16. The molecule has 0 N–H and O–H groups in total. The second-order valence-electron chi connectivity index (χ2n) is 3.07. The maximum atomic E-state index is 12.4. The first-order valence-corrected chi connectivity index (χ1v) is 4.25. The molecular weight excluding hydrogens is 272 g/mol. The summed E-state index contributed by atoms with van der Waals surface area (Å²) in [5, 5.41) is 0. The van der Waals surface area contributed by atoms with Crippen molar-refractivity contribution in [2.75, 3.05) is 0 Å². The van der Waals surface area contributed by atoms with Crippen LogP contribution in [-0.2, 0) is 0 Å². The zero-order chi connectivity index (χ0) is 12.4. The number of hydrogen-bond acceptors (Lipinski definition) is 0. The van der Waals surface area contributed by atoms with Crippen LogP contribution in [0, 0.1) is 0 Å². The van der Waals surface area contributed by atoms with Gasteiger partial charge in [-0.25, -0.2) is 0 Å². The molecule has 1 aromatic carbocycles. The predicted octanol–water partition coefficient (Wildman–Crippen LogP) is 1.02. The maximum Gasteiger partial charge on any atom is 1.00 e. The molecule has 0 saturated heterocycles. The van der Waals surface area contributed by atoms with E-state index in [1.54, 1.807) is 0 Å². The molecule has 0 saturated carbocycles. The van der Waals surface area contributed by atoms with Crippen molar-refractivity contribution in [3.8, 4) is 0 Å². The van der Waals surface area contributed by atoms with Gasteiger partial charge < -0.3 is 12.9 Å². The minimum Gasteiger partial charge on any atom is -0.445 e. The molecule has 0 bridgehead atoms.